The lowest BCUT2D eigenvalue weighted by Gasteiger charge is -2.05. The van der Waals surface area contributed by atoms with Gasteiger partial charge in [0.1, 0.15) is 0 Å². The number of aromatic nitrogens is 2. The fourth-order valence-electron chi connectivity index (χ4n) is 2.27. The van der Waals surface area contributed by atoms with Crippen molar-refractivity contribution in [1.29, 1.82) is 0 Å². The predicted molar refractivity (Wildman–Crippen MR) is 83.8 cm³/mol. The third-order valence-corrected chi connectivity index (χ3v) is 3.42. The number of fused-ring (bicyclic) bond motifs is 1. The van der Waals surface area contributed by atoms with Crippen molar-refractivity contribution in [2.24, 2.45) is 0 Å². The van der Waals surface area contributed by atoms with Crippen LogP contribution < -0.4 is 5.32 Å². The van der Waals surface area contributed by atoms with Gasteiger partial charge < -0.3 is 10.1 Å². The summed E-state index contributed by atoms with van der Waals surface area (Å²) in [7, 11) is 1.62. The first-order valence-corrected chi connectivity index (χ1v) is 7.36. The molecule has 0 atom stereocenters. The number of aryl methyl sites for hydroxylation is 1. The van der Waals surface area contributed by atoms with Crippen molar-refractivity contribution in [3.8, 4) is 0 Å². The molecule has 0 aliphatic heterocycles. The number of hydrogen-bond acceptors (Lipinski definition) is 4. The maximum Gasteiger partial charge on any atom is 0.247 e. The Balaban J connectivity index is 1.90. The molecule has 6 heteroatoms. The van der Waals surface area contributed by atoms with Crippen LogP contribution in [0.2, 0.25) is 0 Å². The molecule has 6 nitrogen and oxygen atoms in total. The zero-order valence-corrected chi connectivity index (χ0v) is 13.0. The molecule has 1 aromatic heterocycles. The van der Waals surface area contributed by atoms with Crippen LogP contribution in [0.25, 0.3) is 10.9 Å². The number of rotatable bonds is 7. The van der Waals surface area contributed by atoms with Crippen LogP contribution in [0, 0.1) is 6.92 Å². The summed E-state index contributed by atoms with van der Waals surface area (Å²) in [6.07, 6.45) is 1.07. The van der Waals surface area contributed by atoms with Crippen LogP contribution in [0.15, 0.2) is 24.3 Å². The number of nitrogens with one attached hydrogen (secondary N) is 1. The van der Waals surface area contributed by atoms with E-state index in [0.29, 0.717) is 13.2 Å². The molecule has 0 spiro atoms. The highest BCUT2D eigenvalue weighted by atomic mass is 16.5. The van der Waals surface area contributed by atoms with Crippen molar-refractivity contribution in [1.82, 2.24) is 15.1 Å². The molecule has 0 radical (unpaired) electrons. The number of nitrogens with zero attached hydrogens (tertiary/aromatic N) is 2. The molecule has 22 heavy (non-hydrogen) atoms. The van der Waals surface area contributed by atoms with Gasteiger partial charge in [-0.1, -0.05) is 18.2 Å². The highest BCUT2D eigenvalue weighted by Crippen LogP contribution is 2.17. The zero-order chi connectivity index (χ0) is 15.9. The van der Waals surface area contributed by atoms with Gasteiger partial charge in [0, 0.05) is 38.5 Å². The number of benzene rings is 1. The molecule has 0 unspecified atom stereocenters. The average molecular weight is 303 g/mol. The largest absolute Gasteiger partial charge is 0.385 e. The third kappa shape index (κ3) is 3.92. The Kier molecular flexibility index (Phi) is 5.66. The first kappa shape index (κ1) is 16.2. The second-order valence-corrected chi connectivity index (χ2v) is 5.10. The minimum absolute atomic E-state index is 0.127. The lowest BCUT2D eigenvalue weighted by atomic mass is 10.2. The molecule has 1 N–H and O–H groups in total. The SMILES string of the molecule is COCCCNC(=O)CCC(=O)n1nc(C)c2ccccc21. The monoisotopic (exact) mass is 303 g/mol. The molecule has 1 amide bonds. The Morgan fingerprint density at radius 1 is 1.27 bits per heavy atom. The summed E-state index contributed by atoms with van der Waals surface area (Å²) >= 11 is 0. The summed E-state index contributed by atoms with van der Waals surface area (Å²) in [6.45, 7) is 3.04. The first-order valence-electron chi connectivity index (χ1n) is 7.36. The van der Waals surface area contributed by atoms with Gasteiger partial charge in [-0.15, -0.1) is 0 Å². The van der Waals surface area contributed by atoms with E-state index in [4.69, 9.17) is 4.74 Å². The Hall–Kier alpha value is -2.21. The topological polar surface area (TPSA) is 73.2 Å². The van der Waals surface area contributed by atoms with Gasteiger partial charge in [0.15, 0.2) is 0 Å². The summed E-state index contributed by atoms with van der Waals surface area (Å²) in [5.41, 5.74) is 1.60. The molecule has 2 aromatic rings. The second kappa shape index (κ2) is 7.70. The molecule has 118 valence electrons. The van der Waals surface area contributed by atoms with E-state index < -0.39 is 0 Å². The van der Waals surface area contributed by atoms with Crippen LogP contribution in [0.1, 0.15) is 29.8 Å². The van der Waals surface area contributed by atoms with Crippen LogP contribution in [0.4, 0.5) is 0 Å². The van der Waals surface area contributed by atoms with Crippen LogP contribution in [-0.4, -0.2) is 41.9 Å². The van der Waals surface area contributed by atoms with E-state index >= 15 is 0 Å². The van der Waals surface area contributed by atoms with Crippen LogP contribution >= 0.6 is 0 Å². The second-order valence-electron chi connectivity index (χ2n) is 5.10. The molecule has 1 heterocycles. The maximum absolute atomic E-state index is 12.3. The highest BCUT2D eigenvalue weighted by molar-refractivity contribution is 5.93. The molecule has 0 bridgehead atoms. The number of para-hydroxylation sites is 1. The summed E-state index contributed by atoms with van der Waals surface area (Å²) in [5, 5.41) is 8.00. The van der Waals surface area contributed by atoms with E-state index in [0.717, 1.165) is 23.0 Å². The summed E-state index contributed by atoms with van der Waals surface area (Å²) in [6, 6.07) is 7.58. The fourth-order valence-corrected chi connectivity index (χ4v) is 2.27. The number of carbonyl (C=O) groups is 2. The van der Waals surface area contributed by atoms with Gasteiger partial charge in [0.2, 0.25) is 11.8 Å². The maximum atomic E-state index is 12.3. The quantitative estimate of drug-likeness (QED) is 0.793. The van der Waals surface area contributed by atoms with E-state index in [1.165, 1.54) is 4.68 Å². The molecule has 1 aromatic carbocycles. The molecule has 0 aliphatic rings. The minimum atomic E-state index is -0.170. The van der Waals surface area contributed by atoms with Crippen molar-refractivity contribution in [2.75, 3.05) is 20.3 Å². The van der Waals surface area contributed by atoms with Crippen molar-refractivity contribution >= 4 is 22.7 Å². The van der Waals surface area contributed by atoms with Gasteiger partial charge in [0.25, 0.3) is 0 Å². The van der Waals surface area contributed by atoms with E-state index in [-0.39, 0.29) is 24.7 Å². The molecule has 0 saturated carbocycles. The van der Waals surface area contributed by atoms with Gasteiger partial charge in [0.05, 0.1) is 11.2 Å². The van der Waals surface area contributed by atoms with Crippen molar-refractivity contribution in [3.63, 3.8) is 0 Å². The lowest BCUT2D eigenvalue weighted by molar-refractivity contribution is -0.121. The van der Waals surface area contributed by atoms with Gasteiger partial charge >= 0.3 is 0 Å². The molecular formula is C16H21N3O3. The average Bonchev–Trinajstić information content (AvgIpc) is 2.87. The van der Waals surface area contributed by atoms with Crippen LogP contribution in [0.3, 0.4) is 0 Å². The van der Waals surface area contributed by atoms with Gasteiger partial charge in [-0.2, -0.15) is 9.78 Å². The van der Waals surface area contributed by atoms with Crippen LogP contribution in [0.5, 0.6) is 0 Å². The van der Waals surface area contributed by atoms with Gasteiger partial charge in [-0.25, -0.2) is 0 Å². The standard InChI is InChI=1S/C16H21N3O3/c1-12-13-6-3-4-7-14(13)19(18-12)16(21)9-8-15(20)17-10-5-11-22-2/h3-4,6-7H,5,8-11H2,1-2H3,(H,17,20). The Morgan fingerprint density at radius 3 is 2.82 bits per heavy atom. The van der Waals surface area contributed by atoms with Gasteiger partial charge in [-0.05, 0) is 19.4 Å². The normalized spacial score (nSPS) is 10.8. The number of ether oxygens (including phenoxy) is 1. The number of amides is 1. The van der Waals surface area contributed by atoms with Gasteiger partial charge in [-0.3, -0.25) is 9.59 Å². The zero-order valence-electron chi connectivity index (χ0n) is 13.0. The molecule has 0 saturated heterocycles. The Labute approximate surface area is 129 Å². The lowest BCUT2D eigenvalue weighted by Crippen LogP contribution is -2.26. The fraction of sp³-hybridized carbons (Fsp3) is 0.438. The number of methoxy groups -OCH3 is 1. The molecule has 0 fully saturated rings. The molecular weight excluding hydrogens is 282 g/mol. The number of hydrogen-bond donors (Lipinski definition) is 1. The smallest absolute Gasteiger partial charge is 0.247 e. The first-order chi connectivity index (χ1) is 10.6. The molecule has 2 rings (SSSR count). The van der Waals surface area contributed by atoms with Crippen LogP contribution in [-0.2, 0) is 9.53 Å². The van der Waals surface area contributed by atoms with E-state index in [2.05, 4.69) is 10.4 Å². The summed E-state index contributed by atoms with van der Waals surface area (Å²) in [4.78, 5) is 23.9. The van der Waals surface area contributed by atoms with E-state index in [1.54, 1.807) is 7.11 Å². The summed E-state index contributed by atoms with van der Waals surface area (Å²) in [5.74, 6) is -0.297. The third-order valence-electron chi connectivity index (χ3n) is 3.42. The van der Waals surface area contributed by atoms with E-state index in [1.807, 2.05) is 31.2 Å². The summed E-state index contributed by atoms with van der Waals surface area (Å²) < 4.78 is 6.30. The molecule has 0 aliphatic carbocycles. The van der Waals surface area contributed by atoms with Crippen molar-refractivity contribution in [3.05, 3.63) is 30.0 Å². The minimum Gasteiger partial charge on any atom is -0.385 e. The number of carbonyl (C=O) groups excluding carboxylic acids is 2. The highest BCUT2D eigenvalue weighted by Gasteiger charge is 2.14. The predicted octanol–water partition coefficient (Wildman–Crippen LogP) is 1.92. The van der Waals surface area contributed by atoms with E-state index in [9.17, 15) is 9.59 Å². The Morgan fingerprint density at radius 2 is 2.05 bits per heavy atom. The van der Waals surface area contributed by atoms with Crippen molar-refractivity contribution < 1.29 is 14.3 Å². The Bertz CT molecular complexity index is 664. The van der Waals surface area contributed by atoms with Crippen molar-refractivity contribution in [2.45, 2.75) is 26.2 Å².